The Morgan fingerprint density at radius 2 is 2.32 bits per heavy atom. The summed E-state index contributed by atoms with van der Waals surface area (Å²) >= 11 is 5.80. The summed E-state index contributed by atoms with van der Waals surface area (Å²) in [4.78, 5) is 32.4. The number of esters is 1. The summed E-state index contributed by atoms with van der Waals surface area (Å²) in [5.74, 6) is -0.351. The maximum atomic E-state index is 12.4. The molecule has 1 aliphatic rings. The molecule has 1 fully saturated rings. The molecule has 1 aromatic rings. The second-order valence-electron chi connectivity index (χ2n) is 5.09. The molecule has 0 spiro atoms. The Balaban J connectivity index is 2.59. The van der Waals surface area contributed by atoms with Crippen molar-refractivity contribution in [1.82, 2.24) is 9.97 Å². The predicted octanol–water partition coefficient (Wildman–Crippen LogP) is 2.35. The first kappa shape index (κ1) is 16.4. The van der Waals surface area contributed by atoms with E-state index in [1.54, 1.807) is 4.90 Å². The van der Waals surface area contributed by atoms with E-state index in [1.165, 1.54) is 7.11 Å². The SMILES string of the molecule is CC[C@@]1(C(=O)OC)CCCCN1c1nc(Cl)ncc1[N+](=O)[O-]. The largest absolute Gasteiger partial charge is 0.467 e. The lowest BCUT2D eigenvalue weighted by atomic mass is 9.84. The molecule has 0 amide bonds. The lowest BCUT2D eigenvalue weighted by Gasteiger charge is -2.44. The van der Waals surface area contributed by atoms with Crippen LogP contribution in [0, 0.1) is 10.1 Å². The quantitative estimate of drug-likeness (QED) is 0.362. The third kappa shape index (κ3) is 2.70. The molecule has 2 rings (SSSR count). The highest BCUT2D eigenvalue weighted by Gasteiger charge is 2.47. The van der Waals surface area contributed by atoms with Crippen molar-refractivity contribution in [3.05, 3.63) is 21.6 Å². The van der Waals surface area contributed by atoms with Crippen LogP contribution in [-0.4, -0.2) is 40.1 Å². The van der Waals surface area contributed by atoms with E-state index >= 15 is 0 Å². The lowest BCUT2D eigenvalue weighted by molar-refractivity contribution is -0.384. The topological polar surface area (TPSA) is 98.5 Å². The molecule has 22 heavy (non-hydrogen) atoms. The maximum Gasteiger partial charge on any atom is 0.331 e. The average Bonchev–Trinajstić information content (AvgIpc) is 2.53. The number of nitro groups is 1. The Labute approximate surface area is 132 Å². The van der Waals surface area contributed by atoms with Crippen LogP contribution >= 0.6 is 11.6 Å². The highest BCUT2D eigenvalue weighted by atomic mass is 35.5. The third-order valence-corrected chi connectivity index (χ3v) is 4.24. The van der Waals surface area contributed by atoms with E-state index in [9.17, 15) is 14.9 Å². The van der Waals surface area contributed by atoms with Gasteiger partial charge in [0.1, 0.15) is 11.7 Å². The van der Waals surface area contributed by atoms with E-state index in [-0.39, 0.29) is 16.8 Å². The summed E-state index contributed by atoms with van der Waals surface area (Å²) in [5.41, 5.74) is -1.23. The maximum absolute atomic E-state index is 12.4. The zero-order valence-corrected chi connectivity index (χ0v) is 13.2. The van der Waals surface area contributed by atoms with Crippen molar-refractivity contribution in [1.29, 1.82) is 0 Å². The van der Waals surface area contributed by atoms with Crippen LogP contribution in [0.4, 0.5) is 11.5 Å². The zero-order chi connectivity index (χ0) is 16.3. The lowest BCUT2D eigenvalue weighted by Crippen LogP contribution is -2.58. The van der Waals surface area contributed by atoms with E-state index in [0.29, 0.717) is 19.4 Å². The van der Waals surface area contributed by atoms with Crippen molar-refractivity contribution in [2.75, 3.05) is 18.6 Å². The summed E-state index contributed by atoms with van der Waals surface area (Å²) in [7, 11) is 1.31. The van der Waals surface area contributed by atoms with Gasteiger partial charge in [-0.05, 0) is 37.3 Å². The van der Waals surface area contributed by atoms with Gasteiger partial charge in [0.15, 0.2) is 0 Å². The van der Waals surface area contributed by atoms with Gasteiger partial charge in [-0.25, -0.2) is 9.78 Å². The van der Waals surface area contributed by atoms with Gasteiger partial charge < -0.3 is 9.64 Å². The Hall–Kier alpha value is -1.96. The van der Waals surface area contributed by atoms with Crippen LogP contribution in [0.15, 0.2) is 6.20 Å². The molecule has 1 saturated heterocycles. The number of piperidine rings is 1. The molecular formula is C13H17ClN4O4. The molecule has 2 heterocycles. The average molecular weight is 329 g/mol. The molecule has 0 bridgehead atoms. The molecule has 1 aromatic heterocycles. The van der Waals surface area contributed by atoms with Gasteiger partial charge in [-0.1, -0.05) is 6.92 Å². The van der Waals surface area contributed by atoms with Crippen molar-refractivity contribution in [3.8, 4) is 0 Å². The zero-order valence-electron chi connectivity index (χ0n) is 12.4. The number of rotatable bonds is 4. The molecule has 0 aromatic carbocycles. The number of nitrogens with zero attached hydrogens (tertiary/aromatic N) is 4. The van der Waals surface area contributed by atoms with Crippen molar-refractivity contribution >= 4 is 29.1 Å². The number of hydrogen-bond donors (Lipinski definition) is 0. The predicted molar refractivity (Wildman–Crippen MR) is 79.9 cm³/mol. The van der Waals surface area contributed by atoms with Crippen molar-refractivity contribution < 1.29 is 14.5 Å². The number of carbonyl (C=O) groups is 1. The molecule has 1 aliphatic heterocycles. The highest BCUT2D eigenvalue weighted by Crippen LogP contribution is 2.39. The fourth-order valence-corrected chi connectivity index (χ4v) is 3.06. The minimum absolute atomic E-state index is 0.0666. The third-order valence-electron chi connectivity index (χ3n) is 4.06. The minimum Gasteiger partial charge on any atom is -0.467 e. The molecule has 0 unspecified atom stereocenters. The summed E-state index contributed by atoms with van der Waals surface area (Å²) in [5, 5.41) is 11.2. The van der Waals surface area contributed by atoms with Gasteiger partial charge in [0.2, 0.25) is 11.1 Å². The standard InChI is InChI=1S/C13H17ClN4O4/c1-3-13(11(19)22-2)6-4-5-7-17(13)10-9(18(20)21)8-15-12(14)16-10/h8H,3-7H2,1-2H3/t13-/m0/s1. The van der Waals surface area contributed by atoms with E-state index in [4.69, 9.17) is 16.3 Å². The molecule has 0 saturated carbocycles. The van der Waals surface area contributed by atoms with E-state index in [1.807, 2.05) is 6.92 Å². The summed E-state index contributed by atoms with van der Waals surface area (Å²) in [6.45, 7) is 2.32. The fraction of sp³-hybridized carbons (Fsp3) is 0.615. The van der Waals surface area contributed by atoms with E-state index < -0.39 is 16.4 Å². The molecule has 8 nitrogen and oxygen atoms in total. The molecule has 0 N–H and O–H groups in total. The normalized spacial score (nSPS) is 21.5. The van der Waals surface area contributed by atoms with Gasteiger partial charge in [-0.2, -0.15) is 4.98 Å². The van der Waals surface area contributed by atoms with Gasteiger partial charge in [-0.3, -0.25) is 10.1 Å². The first-order valence-corrected chi connectivity index (χ1v) is 7.37. The van der Waals surface area contributed by atoms with Gasteiger partial charge in [0.25, 0.3) is 0 Å². The Bertz CT molecular complexity index is 597. The van der Waals surface area contributed by atoms with Crippen molar-refractivity contribution in [2.45, 2.75) is 38.1 Å². The summed E-state index contributed by atoms with van der Waals surface area (Å²) in [6, 6.07) is 0. The monoisotopic (exact) mass is 328 g/mol. The second kappa shape index (κ2) is 6.43. The van der Waals surface area contributed by atoms with Gasteiger partial charge in [0, 0.05) is 6.54 Å². The van der Waals surface area contributed by atoms with Gasteiger partial charge in [0.05, 0.1) is 12.0 Å². The molecular weight excluding hydrogens is 312 g/mol. The van der Waals surface area contributed by atoms with E-state index in [2.05, 4.69) is 9.97 Å². The van der Waals surface area contributed by atoms with Crippen LogP contribution in [0.3, 0.4) is 0 Å². The van der Waals surface area contributed by atoms with Crippen LogP contribution in [-0.2, 0) is 9.53 Å². The van der Waals surface area contributed by atoms with Crippen LogP contribution in [0.2, 0.25) is 5.28 Å². The summed E-state index contributed by atoms with van der Waals surface area (Å²) in [6.07, 6.45) is 3.72. The van der Waals surface area contributed by atoms with Crippen LogP contribution in [0.25, 0.3) is 0 Å². The van der Waals surface area contributed by atoms with Crippen LogP contribution in [0.1, 0.15) is 32.6 Å². The van der Waals surface area contributed by atoms with Crippen molar-refractivity contribution in [3.63, 3.8) is 0 Å². The Morgan fingerprint density at radius 3 is 2.91 bits per heavy atom. The number of hydrogen-bond acceptors (Lipinski definition) is 7. The van der Waals surface area contributed by atoms with Crippen LogP contribution in [0.5, 0.6) is 0 Å². The number of ether oxygens (including phenoxy) is 1. The number of carbonyl (C=O) groups excluding carboxylic acids is 1. The fourth-order valence-electron chi connectivity index (χ4n) is 2.93. The van der Waals surface area contributed by atoms with Gasteiger partial charge >= 0.3 is 11.7 Å². The Kier molecular flexibility index (Phi) is 4.80. The Morgan fingerprint density at radius 1 is 1.59 bits per heavy atom. The molecule has 0 radical (unpaired) electrons. The molecule has 9 heteroatoms. The first-order chi connectivity index (χ1) is 10.5. The number of aromatic nitrogens is 2. The molecule has 120 valence electrons. The van der Waals surface area contributed by atoms with Crippen molar-refractivity contribution in [2.24, 2.45) is 0 Å². The van der Waals surface area contributed by atoms with Crippen LogP contribution < -0.4 is 4.90 Å². The van der Waals surface area contributed by atoms with Gasteiger partial charge in [-0.15, -0.1) is 0 Å². The summed E-state index contributed by atoms with van der Waals surface area (Å²) < 4.78 is 4.94. The molecule has 0 aliphatic carbocycles. The smallest absolute Gasteiger partial charge is 0.331 e. The number of anilines is 1. The number of methoxy groups -OCH3 is 1. The highest BCUT2D eigenvalue weighted by molar-refractivity contribution is 6.28. The number of halogens is 1. The second-order valence-corrected chi connectivity index (χ2v) is 5.43. The first-order valence-electron chi connectivity index (χ1n) is 6.99. The minimum atomic E-state index is -0.963. The molecule has 1 atom stereocenters. The van der Waals surface area contributed by atoms with E-state index in [0.717, 1.165) is 19.0 Å².